The minimum absolute atomic E-state index is 0.796. The highest BCUT2D eigenvalue weighted by atomic mass is 14.8. The zero-order valence-corrected chi connectivity index (χ0v) is 8.28. The average molecular weight is 183 g/mol. The van der Waals surface area contributed by atoms with Crippen LogP contribution in [0.15, 0.2) is 30.6 Å². The summed E-state index contributed by atoms with van der Waals surface area (Å²) in [7, 11) is 0. The molecule has 2 rings (SSSR count). The van der Waals surface area contributed by atoms with Gasteiger partial charge in [0, 0.05) is 18.0 Å². The van der Waals surface area contributed by atoms with Crippen LogP contribution in [0, 0.1) is 19.9 Å². The molecular formula is C12H11N2. The van der Waals surface area contributed by atoms with E-state index in [0.717, 1.165) is 22.5 Å². The Morgan fingerprint density at radius 1 is 1.00 bits per heavy atom. The SMILES string of the molecule is Cc1[c]cc(-c2cnc(C)nc2)cc1. The van der Waals surface area contributed by atoms with Crippen LogP contribution in [0.25, 0.3) is 11.1 Å². The van der Waals surface area contributed by atoms with E-state index in [2.05, 4.69) is 22.1 Å². The minimum Gasteiger partial charge on any atom is -0.241 e. The standard InChI is InChI=1S/C12H11N2/c1-9-3-5-11(6-4-9)12-7-13-10(2)14-8-12/h3,5-8H,1-2H3. The van der Waals surface area contributed by atoms with Crippen molar-refractivity contribution in [3.05, 3.63) is 48.0 Å². The highest BCUT2D eigenvalue weighted by molar-refractivity contribution is 5.61. The van der Waals surface area contributed by atoms with E-state index in [4.69, 9.17) is 0 Å². The third-order valence-corrected chi connectivity index (χ3v) is 2.08. The van der Waals surface area contributed by atoms with Crippen molar-refractivity contribution in [2.75, 3.05) is 0 Å². The van der Waals surface area contributed by atoms with Crippen molar-refractivity contribution in [3.8, 4) is 11.1 Å². The second kappa shape index (κ2) is 3.58. The number of aromatic nitrogens is 2. The molecule has 1 aromatic carbocycles. The van der Waals surface area contributed by atoms with E-state index in [-0.39, 0.29) is 0 Å². The zero-order chi connectivity index (χ0) is 9.97. The Morgan fingerprint density at radius 2 is 1.71 bits per heavy atom. The van der Waals surface area contributed by atoms with Gasteiger partial charge >= 0.3 is 0 Å². The Kier molecular flexibility index (Phi) is 2.27. The van der Waals surface area contributed by atoms with E-state index in [1.807, 2.05) is 38.4 Å². The van der Waals surface area contributed by atoms with Gasteiger partial charge in [-0.15, -0.1) is 0 Å². The first-order valence-corrected chi connectivity index (χ1v) is 4.53. The molecule has 0 fully saturated rings. The van der Waals surface area contributed by atoms with Crippen molar-refractivity contribution in [1.82, 2.24) is 9.97 Å². The Balaban J connectivity index is 2.40. The van der Waals surface area contributed by atoms with Crippen LogP contribution in [-0.2, 0) is 0 Å². The molecular weight excluding hydrogens is 172 g/mol. The van der Waals surface area contributed by atoms with Crippen LogP contribution in [0.1, 0.15) is 11.4 Å². The van der Waals surface area contributed by atoms with Gasteiger partial charge in [-0.1, -0.05) is 12.1 Å². The molecule has 0 saturated carbocycles. The third-order valence-electron chi connectivity index (χ3n) is 2.08. The lowest BCUT2D eigenvalue weighted by Crippen LogP contribution is -1.87. The largest absolute Gasteiger partial charge is 0.241 e. The summed E-state index contributed by atoms with van der Waals surface area (Å²) in [5.74, 6) is 0.796. The van der Waals surface area contributed by atoms with Gasteiger partial charge in [-0.3, -0.25) is 0 Å². The van der Waals surface area contributed by atoms with Crippen molar-refractivity contribution in [1.29, 1.82) is 0 Å². The predicted octanol–water partition coefficient (Wildman–Crippen LogP) is 2.56. The molecule has 1 radical (unpaired) electrons. The average Bonchev–Trinajstić information content (AvgIpc) is 2.21. The van der Waals surface area contributed by atoms with Crippen molar-refractivity contribution in [3.63, 3.8) is 0 Å². The summed E-state index contributed by atoms with van der Waals surface area (Å²) in [5.41, 5.74) is 3.28. The Hall–Kier alpha value is -1.70. The molecule has 0 aliphatic carbocycles. The molecule has 0 N–H and O–H groups in total. The first kappa shape index (κ1) is 8.88. The fourth-order valence-corrected chi connectivity index (χ4v) is 1.22. The van der Waals surface area contributed by atoms with E-state index < -0.39 is 0 Å². The maximum absolute atomic E-state index is 4.15. The highest BCUT2D eigenvalue weighted by Crippen LogP contribution is 2.17. The molecule has 2 aromatic rings. The number of hydrogen-bond acceptors (Lipinski definition) is 2. The van der Waals surface area contributed by atoms with E-state index >= 15 is 0 Å². The van der Waals surface area contributed by atoms with Crippen LogP contribution < -0.4 is 0 Å². The molecule has 0 spiro atoms. The predicted molar refractivity (Wildman–Crippen MR) is 55.8 cm³/mol. The molecule has 0 saturated heterocycles. The van der Waals surface area contributed by atoms with Crippen LogP contribution >= 0.6 is 0 Å². The quantitative estimate of drug-likeness (QED) is 0.679. The number of rotatable bonds is 1. The van der Waals surface area contributed by atoms with Crippen molar-refractivity contribution in [2.45, 2.75) is 13.8 Å². The summed E-state index contributed by atoms with van der Waals surface area (Å²) < 4.78 is 0. The van der Waals surface area contributed by atoms with Crippen molar-refractivity contribution < 1.29 is 0 Å². The van der Waals surface area contributed by atoms with Gasteiger partial charge in [-0.25, -0.2) is 9.97 Å². The molecule has 0 aliphatic heterocycles. The summed E-state index contributed by atoms with van der Waals surface area (Å²) in [5, 5.41) is 0. The van der Waals surface area contributed by atoms with Crippen LogP contribution in [-0.4, -0.2) is 9.97 Å². The highest BCUT2D eigenvalue weighted by Gasteiger charge is 1.97. The number of hydrogen-bond donors (Lipinski definition) is 0. The topological polar surface area (TPSA) is 25.8 Å². The van der Waals surface area contributed by atoms with Gasteiger partial charge < -0.3 is 0 Å². The van der Waals surface area contributed by atoms with Crippen LogP contribution in [0.3, 0.4) is 0 Å². The van der Waals surface area contributed by atoms with Gasteiger partial charge in [0.1, 0.15) is 5.82 Å². The molecule has 14 heavy (non-hydrogen) atoms. The maximum Gasteiger partial charge on any atom is 0.125 e. The summed E-state index contributed by atoms with van der Waals surface area (Å²) in [6, 6.07) is 9.21. The smallest absolute Gasteiger partial charge is 0.125 e. The van der Waals surface area contributed by atoms with Gasteiger partial charge in [-0.2, -0.15) is 0 Å². The summed E-state index contributed by atoms with van der Waals surface area (Å²) in [6.45, 7) is 3.90. The lowest BCUT2D eigenvalue weighted by molar-refractivity contribution is 1.06. The Morgan fingerprint density at radius 3 is 2.29 bits per heavy atom. The molecule has 0 amide bonds. The molecule has 69 valence electrons. The van der Waals surface area contributed by atoms with Crippen molar-refractivity contribution >= 4 is 0 Å². The fourth-order valence-electron chi connectivity index (χ4n) is 1.22. The summed E-state index contributed by atoms with van der Waals surface area (Å²) >= 11 is 0. The summed E-state index contributed by atoms with van der Waals surface area (Å²) in [4.78, 5) is 8.31. The van der Waals surface area contributed by atoms with Gasteiger partial charge in [-0.05, 0) is 37.1 Å². The first-order chi connectivity index (χ1) is 6.75. The van der Waals surface area contributed by atoms with Crippen LogP contribution in [0.2, 0.25) is 0 Å². The number of nitrogens with zero attached hydrogens (tertiary/aromatic N) is 2. The van der Waals surface area contributed by atoms with E-state index in [0.29, 0.717) is 0 Å². The van der Waals surface area contributed by atoms with Gasteiger partial charge in [0.2, 0.25) is 0 Å². The summed E-state index contributed by atoms with van der Waals surface area (Å²) in [6.07, 6.45) is 3.67. The number of benzene rings is 1. The third kappa shape index (κ3) is 1.79. The van der Waals surface area contributed by atoms with Crippen LogP contribution in [0.4, 0.5) is 0 Å². The molecule has 1 aromatic heterocycles. The second-order valence-electron chi connectivity index (χ2n) is 3.28. The molecule has 2 nitrogen and oxygen atoms in total. The lowest BCUT2D eigenvalue weighted by Gasteiger charge is -2.00. The zero-order valence-electron chi connectivity index (χ0n) is 8.28. The molecule has 0 aliphatic rings. The first-order valence-electron chi connectivity index (χ1n) is 4.53. The number of aryl methyl sites for hydroxylation is 2. The Labute approximate surface area is 83.7 Å². The van der Waals surface area contributed by atoms with Gasteiger partial charge in [0.25, 0.3) is 0 Å². The molecule has 1 heterocycles. The maximum atomic E-state index is 4.15. The molecule has 0 unspecified atom stereocenters. The fraction of sp³-hybridized carbons (Fsp3) is 0.167. The molecule has 0 atom stereocenters. The van der Waals surface area contributed by atoms with Crippen molar-refractivity contribution in [2.24, 2.45) is 0 Å². The monoisotopic (exact) mass is 183 g/mol. The minimum atomic E-state index is 0.796. The molecule has 2 heteroatoms. The second-order valence-corrected chi connectivity index (χ2v) is 3.28. The van der Waals surface area contributed by atoms with Gasteiger partial charge in [0.15, 0.2) is 0 Å². The lowest BCUT2D eigenvalue weighted by atomic mass is 10.1. The van der Waals surface area contributed by atoms with E-state index in [1.54, 1.807) is 0 Å². The Bertz CT molecular complexity index is 372. The normalized spacial score (nSPS) is 10.1. The van der Waals surface area contributed by atoms with Crippen LogP contribution in [0.5, 0.6) is 0 Å². The van der Waals surface area contributed by atoms with E-state index in [9.17, 15) is 0 Å². The van der Waals surface area contributed by atoms with E-state index in [1.165, 1.54) is 0 Å². The van der Waals surface area contributed by atoms with Gasteiger partial charge in [0.05, 0.1) is 0 Å². The molecule has 0 bridgehead atoms.